The van der Waals surface area contributed by atoms with Crippen LogP contribution in [-0.2, 0) is 23.6 Å². The van der Waals surface area contributed by atoms with Crippen LogP contribution in [0.1, 0.15) is 11.1 Å². The molecule has 0 fully saturated rings. The second kappa shape index (κ2) is 9.42. The maximum Gasteiger partial charge on any atom is 0.00904 e. The van der Waals surface area contributed by atoms with Gasteiger partial charge in [0.15, 0.2) is 0 Å². The molecule has 3 rings (SSSR count). The van der Waals surface area contributed by atoms with Gasteiger partial charge in [-0.25, -0.2) is 0 Å². The van der Waals surface area contributed by atoms with Crippen molar-refractivity contribution in [3.63, 3.8) is 0 Å². The second-order valence-corrected chi connectivity index (χ2v) is 5.53. The van der Waals surface area contributed by atoms with Gasteiger partial charge in [-0.1, -0.05) is 23.3 Å². The van der Waals surface area contributed by atoms with E-state index >= 15 is 0 Å². The van der Waals surface area contributed by atoms with E-state index in [1.54, 1.807) is 0 Å². The zero-order valence-electron chi connectivity index (χ0n) is 13.4. The Labute approximate surface area is 144 Å². The first-order valence-corrected chi connectivity index (χ1v) is 7.30. The van der Waals surface area contributed by atoms with Crippen molar-refractivity contribution in [1.82, 2.24) is 4.90 Å². The van der Waals surface area contributed by atoms with E-state index in [1.807, 2.05) is 30.3 Å². The third-order valence-corrected chi connectivity index (χ3v) is 3.28. The van der Waals surface area contributed by atoms with Crippen molar-refractivity contribution in [2.24, 2.45) is 0 Å². The van der Waals surface area contributed by atoms with E-state index in [2.05, 4.69) is 68.4 Å². The molecule has 0 amide bonds. The van der Waals surface area contributed by atoms with Gasteiger partial charge in [-0.15, -0.1) is 35.4 Å². The molecule has 0 saturated heterocycles. The zero-order valence-corrected chi connectivity index (χ0v) is 14.5. The first kappa shape index (κ1) is 18.4. The Bertz CT molecular complexity index is 618. The summed E-state index contributed by atoms with van der Waals surface area (Å²) in [5.74, 6) is 0. The molecule has 2 heteroatoms. The Morgan fingerprint density at radius 3 is 2.14 bits per heavy atom. The number of rotatable bonds is 3. The molecule has 0 N–H and O–H groups in total. The molecular formula is C20H23FeN-6. The molecule has 0 unspecified atom stereocenters. The summed E-state index contributed by atoms with van der Waals surface area (Å²) in [4.78, 5) is 2.20. The molecule has 0 spiro atoms. The third-order valence-electron chi connectivity index (χ3n) is 3.28. The van der Waals surface area contributed by atoms with Crippen molar-refractivity contribution in [2.75, 3.05) is 14.1 Å². The van der Waals surface area contributed by atoms with E-state index < -0.39 is 0 Å². The van der Waals surface area contributed by atoms with Crippen LogP contribution in [0.15, 0.2) is 72.8 Å². The van der Waals surface area contributed by atoms with Crippen LogP contribution in [0.25, 0.3) is 11.1 Å². The zero-order chi connectivity index (χ0) is 15.1. The van der Waals surface area contributed by atoms with Crippen LogP contribution < -0.4 is 0 Å². The molecule has 122 valence electrons. The Morgan fingerprint density at radius 2 is 1.59 bits per heavy atom. The molecule has 0 aliphatic carbocycles. The minimum Gasteiger partial charge on any atom is -0.748 e. The normalized spacial score (nSPS) is 9.82. The minimum absolute atomic E-state index is 0. The summed E-state index contributed by atoms with van der Waals surface area (Å²) in [5.41, 5.74) is 5.39. The monoisotopic (exact) mass is 333 g/mol. The van der Waals surface area contributed by atoms with Crippen LogP contribution in [0.5, 0.6) is 0 Å². The number of benzene rings is 1. The molecule has 22 heavy (non-hydrogen) atoms. The van der Waals surface area contributed by atoms with E-state index in [0.717, 1.165) is 6.54 Å². The first-order valence-electron chi connectivity index (χ1n) is 7.30. The van der Waals surface area contributed by atoms with Gasteiger partial charge in [-0.3, -0.25) is 0 Å². The molecule has 1 nitrogen and oxygen atoms in total. The van der Waals surface area contributed by atoms with E-state index in [-0.39, 0.29) is 17.1 Å². The second-order valence-electron chi connectivity index (χ2n) is 5.53. The average molecular weight is 333 g/mol. The first-order chi connectivity index (χ1) is 10.2. The average Bonchev–Trinajstić information content (AvgIpc) is 3.12. The maximum absolute atomic E-state index is 2.24. The third kappa shape index (κ3) is 5.65. The molecule has 0 atom stereocenters. The Hall–Kier alpha value is -1.60. The van der Waals surface area contributed by atoms with Crippen LogP contribution in [0.4, 0.5) is 0 Å². The fourth-order valence-corrected chi connectivity index (χ4v) is 2.35. The van der Waals surface area contributed by atoms with Crippen molar-refractivity contribution in [3.05, 3.63) is 83.9 Å². The molecule has 3 aromatic rings. The minimum atomic E-state index is 0. The summed E-state index contributed by atoms with van der Waals surface area (Å²) < 4.78 is 0. The molecule has 0 radical (unpaired) electrons. The summed E-state index contributed by atoms with van der Waals surface area (Å²) in [7, 11) is 4.21. The van der Waals surface area contributed by atoms with Gasteiger partial charge in [-0.2, -0.15) is 6.07 Å². The molecule has 0 bridgehead atoms. The molecular weight excluding hydrogens is 310 g/mol. The van der Waals surface area contributed by atoms with Gasteiger partial charge >= 0.3 is 0 Å². The van der Waals surface area contributed by atoms with Crippen LogP contribution >= 0.6 is 0 Å². The van der Waals surface area contributed by atoms with Crippen molar-refractivity contribution in [1.29, 1.82) is 0 Å². The smallest absolute Gasteiger partial charge is 0.00904 e. The van der Waals surface area contributed by atoms with Crippen LogP contribution in [0.2, 0.25) is 0 Å². The van der Waals surface area contributed by atoms with E-state index in [4.69, 9.17) is 0 Å². The SMILES string of the molecule is Cc1cccc(-[c-]2cccc2CN(C)C)c1.[Fe].[cH-]1[cH-][cH-][cH-][cH-]1. The number of aryl methyl sites for hydroxylation is 1. The van der Waals surface area contributed by atoms with Crippen LogP contribution in [0, 0.1) is 6.92 Å². The summed E-state index contributed by atoms with van der Waals surface area (Å²) in [6, 6.07) is 25.2. The van der Waals surface area contributed by atoms with Crippen molar-refractivity contribution >= 4 is 0 Å². The number of hydrogen-bond acceptors (Lipinski definition) is 1. The van der Waals surface area contributed by atoms with Gasteiger partial charge < -0.3 is 35.2 Å². The van der Waals surface area contributed by atoms with E-state index in [9.17, 15) is 0 Å². The van der Waals surface area contributed by atoms with Crippen molar-refractivity contribution < 1.29 is 17.1 Å². The molecule has 0 aromatic heterocycles. The van der Waals surface area contributed by atoms with Crippen LogP contribution in [-0.4, -0.2) is 19.0 Å². The van der Waals surface area contributed by atoms with Gasteiger partial charge in [0, 0.05) is 23.6 Å². The summed E-state index contributed by atoms with van der Waals surface area (Å²) in [6.07, 6.45) is 0. The quantitative estimate of drug-likeness (QED) is 0.489. The topological polar surface area (TPSA) is 3.24 Å². The van der Waals surface area contributed by atoms with Gasteiger partial charge in [0.1, 0.15) is 0 Å². The fourth-order valence-electron chi connectivity index (χ4n) is 2.35. The van der Waals surface area contributed by atoms with Crippen molar-refractivity contribution in [3.8, 4) is 11.1 Å². The standard InChI is InChI=1S/C15H18N.C5H5.Fe/c1-12-6-4-7-13(10-12)15-9-5-8-14(15)11-16(2)3;1-2-4-5-3-1;/h4-10H,11H2,1-3H3;1-5H;/q-1;-5;. The summed E-state index contributed by atoms with van der Waals surface area (Å²) in [5, 5.41) is 0. The van der Waals surface area contributed by atoms with Gasteiger partial charge in [0.25, 0.3) is 0 Å². The van der Waals surface area contributed by atoms with Gasteiger partial charge in [0.05, 0.1) is 0 Å². The summed E-state index contributed by atoms with van der Waals surface area (Å²) in [6.45, 7) is 3.13. The Balaban J connectivity index is 0.000000344. The van der Waals surface area contributed by atoms with E-state index in [1.165, 1.54) is 22.3 Å². The number of nitrogens with zero attached hydrogens (tertiary/aromatic N) is 1. The van der Waals surface area contributed by atoms with Gasteiger partial charge in [-0.05, 0) is 21.0 Å². The van der Waals surface area contributed by atoms with Crippen LogP contribution in [0.3, 0.4) is 0 Å². The Kier molecular flexibility index (Phi) is 7.90. The molecule has 0 aliphatic heterocycles. The molecule has 0 saturated carbocycles. The molecule has 0 heterocycles. The van der Waals surface area contributed by atoms with Crippen molar-refractivity contribution in [2.45, 2.75) is 13.5 Å². The molecule has 0 aliphatic rings. The number of hydrogen-bond donors (Lipinski definition) is 0. The Morgan fingerprint density at radius 1 is 0.955 bits per heavy atom. The van der Waals surface area contributed by atoms with E-state index in [0.29, 0.717) is 0 Å². The predicted octanol–water partition coefficient (Wildman–Crippen LogP) is 4.85. The predicted molar refractivity (Wildman–Crippen MR) is 91.6 cm³/mol. The molecule has 3 aromatic carbocycles. The maximum atomic E-state index is 2.24. The van der Waals surface area contributed by atoms with Gasteiger partial charge in [0.2, 0.25) is 0 Å². The summed E-state index contributed by atoms with van der Waals surface area (Å²) >= 11 is 0. The fraction of sp³-hybridized carbons (Fsp3) is 0.200. The largest absolute Gasteiger partial charge is 0.748 e.